The Morgan fingerprint density at radius 3 is 2.61 bits per heavy atom. The molecule has 2 aliphatic heterocycles. The number of carbonyl (C=O) groups excluding carboxylic acids is 1. The van der Waals surface area contributed by atoms with Gasteiger partial charge in [0.25, 0.3) is 5.91 Å². The van der Waals surface area contributed by atoms with Crippen LogP contribution in [0.15, 0.2) is 10.6 Å². The molecule has 0 aromatic carbocycles. The molecule has 10 heteroatoms. The first kappa shape index (κ1) is 21.7. The molecule has 4 heterocycles. The number of likely N-dealkylation sites (tertiary alicyclic amines) is 1. The van der Waals surface area contributed by atoms with Crippen LogP contribution < -0.4 is 5.32 Å². The average Bonchev–Trinajstić information content (AvgIpc) is 3.34. The van der Waals surface area contributed by atoms with Gasteiger partial charge >= 0.3 is 6.18 Å². The first-order chi connectivity index (χ1) is 14.7. The topological polar surface area (TPSA) is 76.2 Å². The molecule has 0 spiro atoms. The fraction of sp³-hybridized carbons (Fsp3) is 0.667. The van der Waals surface area contributed by atoms with E-state index in [-0.39, 0.29) is 24.3 Å². The lowest BCUT2D eigenvalue weighted by Crippen LogP contribution is -2.39. The van der Waals surface area contributed by atoms with Gasteiger partial charge in [0.15, 0.2) is 6.04 Å². The van der Waals surface area contributed by atoms with Crippen LogP contribution >= 0.6 is 0 Å². The summed E-state index contributed by atoms with van der Waals surface area (Å²) in [5.41, 5.74) is 1.78. The molecule has 0 radical (unpaired) electrons. The van der Waals surface area contributed by atoms with Gasteiger partial charge in [0.05, 0.1) is 11.4 Å². The molecule has 7 nitrogen and oxygen atoms in total. The Morgan fingerprint density at radius 1 is 1.29 bits per heavy atom. The fourth-order valence-corrected chi connectivity index (χ4v) is 4.61. The van der Waals surface area contributed by atoms with Crippen molar-refractivity contribution in [2.75, 3.05) is 18.4 Å². The van der Waals surface area contributed by atoms with E-state index in [4.69, 9.17) is 4.52 Å². The molecule has 170 valence electrons. The van der Waals surface area contributed by atoms with Crippen LogP contribution in [-0.4, -0.2) is 51.1 Å². The van der Waals surface area contributed by atoms with E-state index in [0.717, 1.165) is 4.68 Å². The second-order valence-corrected chi connectivity index (χ2v) is 8.43. The number of hydrogen-bond acceptors (Lipinski definition) is 5. The highest BCUT2D eigenvalue weighted by atomic mass is 19.4. The quantitative estimate of drug-likeness (QED) is 0.761. The second-order valence-electron chi connectivity index (χ2n) is 8.43. The molecular weight excluding hydrogens is 411 g/mol. The molecule has 0 unspecified atom stereocenters. The predicted octanol–water partition coefficient (Wildman–Crippen LogP) is 4.46. The van der Waals surface area contributed by atoms with Crippen LogP contribution in [0.5, 0.6) is 0 Å². The van der Waals surface area contributed by atoms with Gasteiger partial charge in [0.1, 0.15) is 17.1 Å². The minimum atomic E-state index is -4.34. The van der Waals surface area contributed by atoms with Crippen molar-refractivity contribution in [1.82, 2.24) is 19.8 Å². The Hall–Kier alpha value is -2.52. The first-order valence-corrected chi connectivity index (χ1v) is 10.9. The lowest BCUT2D eigenvalue weighted by atomic mass is 9.93. The smallest absolute Gasteiger partial charge is 0.367 e. The number of anilines is 1. The molecule has 4 rings (SSSR count). The van der Waals surface area contributed by atoms with Gasteiger partial charge in [-0.3, -0.25) is 4.79 Å². The highest BCUT2D eigenvalue weighted by molar-refractivity contribution is 5.96. The van der Waals surface area contributed by atoms with Gasteiger partial charge in [-0.05, 0) is 32.6 Å². The summed E-state index contributed by atoms with van der Waals surface area (Å²) in [4.78, 5) is 14.7. The van der Waals surface area contributed by atoms with Crippen molar-refractivity contribution in [3.8, 4) is 0 Å². The number of nitrogens with one attached hydrogen (secondary N) is 1. The molecule has 2 atom stereocenters. The van der Waals surface area contributed by atoms with Crippen LogP contribution in [0.1, 0.15) is 79.0 Å². The zero-order valence-electron chi connectivity index (χ0n) is 18.0. The number of alkyl halides is 3. The zero-order chi connectivity index (χ0) is 22.3. The third kappa shape index (κ3) is 4.04. The highest BCUT2D eigenvalue weighted by Crippen LogP contribution is 2.41. The molecule has 1 fully saturated rings. The number of rotatable bonds is 4. The van der Waals surface area contributed by atoms with E-state index < -0.39 is 12.2 Å². The summed E-state index contributed by atoms with van der Waals surface area (Å²) in [6.07, 6.45) is -1.83. The van der Waals surface area contributed by atoms with Crippen LogP contribution in [0.3, 0.4) is 0 Å². The standard InChI is InChI=1S/C21H28F3N5O2/c1-4-14-10-17(21(22,23)24)29-18(25-14)11-15(26-29)13-6-8-28(9-7-13)20(30)19-12(3)27-31-16(19)5-2/h11,13-14,17,25H,4-10H2,1-3H3/t14-,17-/m1/s1. The maximum atomic E-state index is 13.6. The number of fused-ring (bicyclic) bond motifs is 1. The molecular formula is C21H28F3N5O2. The predicted molar refractivity (Wildman–Crippen MR) is 108 cm³/mol. The largest absolute Gasteiger partial charge is 0.410 e. The first-order valence-electron chi connectivity index (χ1n) is 10.9. The van der Waals surface area contributed by atoms with Gasteiger partial charge in [-0.2, -0.15) is 18.3 Å². The van der Waals surface area contributed by atoms with E-state index in [1.165, 1.54) is 0 Å². The Morgan fingerprint density at radius 2 is 2.00 bits per heavy atom. The Balaban J connectivity index is 1.48. The van der Waals surface area contributed by atoms with E-state index in [1.807, 2.05) is 13.8 Å². The molecule has 31 heavy (non-hydrogen) atoms. The Bertz CT molecular complexity index is 943. The molecule has 0 aliphatic carbocycles. The minimum absolute atomic E-state index is 0.0150. The monoisotopic (exact) mass is 439 g/mol. The van der Waals surface area contributed by atoms with E-state index in [2.05, 4.69) is 15.6 Å². The normalized spacial score (nSPS) is 22.3. The van der Waals surface area contributed by atoms with E-state index in [0.29, 0.717) is 67.3 Å². The van der Waals surface area contributed by atoms with Gasteiger partial charge in [-0.25, -0.2) is 4.68 Å². The fourth-order valence-electron chi connectivity index (χ4n) is 4.61. The maximum Gasteiger partial charge on any atom is 0.410 e. The molecule has 1 N–H and O–H groups in total. The van der Waals surface area contributed by atoms with Crippen LogP contribution in [0.2, 0.25) is 0 Å². The lowest BCUT2D eigenvalue weighted by molar-refractivity contribution is -0.173. The van der Waals surface area contributed by atoms with Gasteiger partial charge in [0, 0.05) is 37.5 Å². The molecule has 2 aliphatic rings. The Kier molecular flexibility index (Phi) is 5.74. The summed E-state index contributed by atoms with van der Waals surface area (Å²) in [6.45, 7) is 6.59. The number of hydrogen-bond donors (Lipinski definition) is 1. The van der Waals surface area contributed by atoms with Crippen LogP contribution in [0.25, 0.3) is 0 Å². The average molecular weight is 439 g/mol. The van der Waals surface area contributed by atoms with Crippen molar-refractivity contribution in [3.05, 3.63) is 28.8 Å². The van der Waals surface area contributed by atoms with Crippen LogP contribution in [-0.2, 0) is 6.42 Å². The van der Waals surface area contributed by atoms with E-state index in [1.54, 1.807) is 17.9 Å². The van der Waals surface area contributed by atoms with Crippen molar-refractivity contribution in [2.24, 2.45) is 0 Å². The molecule has 2 aromatic heterocycles. The number of amides is 1. The Labute approximate surface area is 178 Å². The van der Waals surface area contributed by atoms with Crippen molar-refractivity contribution in [3.63, 3.8) is 0 Å². The van der Waals surface area contributed by atoms with E-state index >= 15 is 0 Å². The number of aromatic nitrogens is 3. The van der Waals surface area contributed by atoms with Crippen LogP contribution in [0.4, 0.5) is 19.0 Å². The number of nitrogens with zero attached hydrogens (tertiary/aromatic N) is 4. The number of aryl methyl sites for hydroxylation is 2. The van der Waals surface area contributed by atoms with Crippen molar-refractivity contribution < 1.29 is 22.5 Å². The second kappa shape index (κ2) is 8.20. The highest BCUT2D eigenvalue weighted by Gasteiger charge is 2.46. The zero-order valence-corrected chi connectivity index (χ0v) is 18.0. The third-order valence-electron chi connectivity index (χ3n) is 6.45. The molecule has 0 bridgehead atoms. The minimum Gasteiger partial charge on any atom is -0.367 e. The molecule has 2 aromatic rings. The summed E-state index contributed by atoms with van der Waals surface area (Å²) >= 11 is 0. The van der Waals surface area contributed by atoms with Gasteiger partial charge in [0.2, 0.25) is 0 Å². The third-order valence-corrected chi connectivity index (χ3v) is 6.45. The molecule has 1 amide bonds. The summed E-state index contributed by atoms with van der Waals surface area (Å²) < 4.78 is 47.2. The lowest BCUT2D eigenvalue weighted by Gasteiger charge is -2.32. The summed E-state index contributed by atoms with van der Waals surface area (Å²) in [5, 5.41) is 11.5. The maximum absolute atomic E-state index is 13.6. The molecule has 1 saturated heterocycles. The molecule has 0 saturated carbocycles. The SMILES string of the molecule is CCc1onc(C)c1C(=O)N1CCC(c2cc3n(n2)[C@@H](C(F)(F)F)C[C@@H](CC)N3)CC1. The van der Waals surface area contributed by atoms with Gasteiger partial charge < -0.3 is 14.7 Å². The van der Waals surface area contributed by atoms with E-state index in [9.17, 15) is 18.0 Å². The van der Waals surface area contributed by atoms with Crippen LogP contribution in [0, 0.1) is 6.92 Å². The summed E-state index contributed by atoms with van der Waals surface area (Å²) in [7, 11) is 0. The van der Waals surface area contributed by atoms with Gasteiger partial charge in [-0.15, -0.1) is 0 Å². The summed E-state index contributed by atoms with van der Waals surface area (Å²) in [6, 6.07) is -0.0713. The summed E-state index contributed by atoms with van der Waals surface area (Å²) in [5.74, 6) is 0.942. The number of halogens is 3. The number of carbonyl (C=O) groups is 1. The van der Waals surface area contributed by atoms with Crippen molar-refractivity contribution in [2.45, 2.75) is 77.1 Å². The van der Waals surface area contributed by atoms with Gasteiger partial charge in [-0.1, -0.05) is 19.0 Å². The number of piperidine rings is 1. The van der Waals surface area contributed by atoms with Crippen molar-refractivity contribution >= 4 is 11.7 Å². The van der Waals surface area contributed by atoms with Crippen molar-refractivity contribution in [1.29, 1.82) is 0 Å².